The van der Waals surface area contributed by atoms with Gasteiger partial charge in [0.05, 0.1) is 11.9 Å². The Hall–Kier alpha value is -2.76. The van der Waals surface area contributed by atoms with E-state index >= 15 is 0 Å². The smallest absolute Gasteiger partial charge is 0.316 e. The molecule has 1 unspecified atom stereocenters. The second-order valence-electron chi connectivity index (χ2n) is 5.82. The first kappa shape index (κ1) is 13.9. The standard InChI is InChI=1S/C17H15N3O3/c21-16-13-4-2-1-3-11(13)12-6-5-10(9-14(12)20-16)19-17(22)15-7-8-18-23-15/h5-9,12H,1-4H2,(H,20,21). The van der Waals surface area contributed by atoms with Crippen LogP contribution in [0.4, 0.5) is 0 Å². The van der Waals surface area contributed by atoms with Crippen molar-refractivity contribution in [3.8, 4) is 0 Å². The van der Waals surface area contributed by atoms with Crippen molar-refractivity contribution in [2.75, 3.05) is 0 Å². The minimum absolute atomic E-state index is 0.0154. The van der Waals surface area contributed by atoms with Crippen molar-refractivity contribution in [3.05, 3.63) is 53.1 Å². The highest BCUT2D eigenvalue weighted by Gasteiger charge is 2.33. The van der Waals surface area contributed by atoms with E-state index in [4.69, 9.17) is 4.52 Å². The van der Waals surface area contributed by atoms with Gasteiger partial charge in [-0.25, -0.2) is 4.99 Å². The number of hydrogen-bond acceptors (Lipinski definition) is 4. The monoisotopic (exact) mass is 309 g/mol. The maximum absolute atomic E-state index is 12.2. The van der Waals surface area contributed by atoms with E-state index < -0.39 is 5.91 Å². The van der Waals surface area contributed by atoms with Gasteiger partial charge in [0.15, 0.2) is 0 Å². The number of carbonyl (C=O) groups is 2. The normalized spacial score (nSPS) is 24.9. The molecule has 1 aliphatic heterocycles. The largest absolute Gasteiger partial charge is 0.351 e. The number of aromatic nitrogens is 1. The summed E-state index contributed by atoms with van der Waals surface area (Å²) in [5, 5.41) is 6.44. The molecule has 23 heavy (non-hydrogen) atoms. The zero-order chi connectivity index (χ0) is 15.8. The van der Waals surface area contributed by atoms with Crippen LogP contribution in [0.1, 0.15) is 36.2 Å². The van der Waals surface area contributed by atoms with Crippen molar-refractivity contribution in [1.82, 2.24) is 10.5 Å². The number of rotatable bonds is 1. The molecule has 0 radical (unpaired) electrons. The minimum Gasteiger partial charge on any atom is -0.351 e. The minimum atomic E-state index is -0.489. The Bertz CT molecular complexity index is 797. The number of aliphatic imine (C=N–C) groups is 1. The molecule has 2 aliphatic carbocycles. The predicted octanol–water partition coefficient (Wildman–Crippen LogP) is 2.33. The molecule has 0 spiro atoms. The summed E-state index contributed by atoms with van der Waals surface area (Å²) in [6.45, 7) is 0. The van der Waals surface area contributed by atoms with Gasteiger partial charge in [0.1, 0.15) is 0 Å². The molecule has 1 aromatic rings. The Balaban J connectivity index is 1.64. The van der Waals surface area contributed by atoms with Gasteiger partial charge in [-0.15, -0.1) is 0 Å². The molecule has 1 aromatic heterocycles. The summed E-state index contributed by atoms with van der Waals surface area (Å²) < 4.78 is 4.80. The van der Waals surface area contributed by atoms with Crippen LogP contribution < -0.4 is 5.32 Å². The fourth-order valence-electron chi connectivity index (χ4n) is 3.32. The Morgan fingerprint density at radius 1 is 1.35 bits per heavy atom. The molecular formula is C17H15N3O3. The zero-order valence-corrected chi connectivity index (χ0v) is 12.4. The Morgan fingerprint density at radius 2 is 2.22 bits per heavy atom. The summed E-state index contributed by atoms with van der Waals surface area (Å²) >= 11 is 0. The van der Waals surface area contributed by atoms with E-state index in [1.54, 1.807) is 6.08 Å². The van der Waals surface area contributed by atoms with Crippen LogP contribution in [0, 0.1) is 5.92 Å². The van der Waals surface area contributed by atoms with Gasteiger partial charge in [-0.2, -0.15) is 0 Å². The van der Waals surface area contributed by atoms with Crippen LogP contribution in [-0.2, 0) is 4.79 Å². The Morgan fingerprint density at radius 3 is 3.04 bits per heavy atom. The Kier molecular flexibility index (Phi) is 3.29. The molecule has 0 saturated heterocycles. The highest BCUT2D eigenvalue weighted by atomic mass is 16.5. The topological polar surface area (TPSA) is 84.6 Å². The predicted molar refractivity (Wildman–Crippen MR) is 82.6 cm³/mol. The molecule has 3 aliphatic rings. The zero-order valence-electron chi connectivity index (χ0n) is 12.4. The van der Waals surface area contributed by atoms with Gasteiger partial charge >= 0.3 is 5.91 Å². The molecule has 116 valence electrons. The number of fused-ring (bicyclic) bond motifs is 2. The molecule has 4 rings (SSSR count). The highest BCUT2D eigenvalue weighted by molar-refractivity contribution is 6.13. The first-order valence-electron chi connectivity index (χ1n) is 7.69. The SMILES string of the molecule is O=C1NC2=CC(=NC(=O)c3ccno3)C=CC2C2=C1CCCC2. The summed E-state index contributed by atoms with van der Waals surface area (Å²) in [7, 11) is 0. The average Bonchev–Trinajstić information content (AvgIpc) is 3.09. The summed E-state index contributed by atoms with van der Waals surface area (Å²) in [6.07, 6.45) is 11.0. The van der Waals surface area contributed by atoms with Crippen LogP contribution in [0.3, 0.4) is 0 Å². The van der Waals surface area contributed by atoms with Gasteiger partial charge in [0, 0.05) is 23.3 Å². The first-order valence-corrected chi connectivity index (χ1v) is 7.69. The van der Waals surface area contributed by atoms with Crippen molar-refractivity contribution in [2.45, 2.75) is 25.7 Å². The van der Waals surface area contributed by atoms with Crippen molar-refractivity contribution < 1.29 is 14.1 Å². The Labute approximate surface area is 132 Å². The lowest BCUT2D eigenvalue weighted by atomic mass is 9.77. The van der Waals surface area contributed by atoms with E-state index in [1.165, 1.54) is 17.8 Å². The third-order valence-corrected chi connectivity index (χ3v) is 4.40. The second-order valence-corrected chi connectivity index (χ2v) is 5.82. The van der Waals surface area contributed by atoms with Crippen LogP contribution in [0.5, 0.6) is 0 Å². The number of nitrogens with zero attached hydrogens (tertiary/aromatic N) is 2. The number of nitrogens with one attached hydrogen (secondary N) is 1. The molecule has 0 fully saturated rings. The van der Waals surface area contributed by atoms with Crippen LogP contribution in [0.2, 0.25) is 0 Å². The lowest BCUT2D eigenvalue weighted by molar-refractivity contribution is -0.117. The molecule has 2 heterocycles. The van der Waals surface area contributed by atoms with Crippen molar-refractivity contribution in [2.24, 2.45) is 10.9 Å². The number of amides is 2. The quantitative estimate of drug-likeness (QED) is 0.863. The van der Waals surface area contributed by atoms with Crippen molar-refractivity contribution in [1.29, 1.82) is 0 Å². The lowest BCUT2D eigenvalue weighted by Gasteiger charge is -2.33. The van der Waals surface area contributed by atoms with E-state index in [9.17, 15) is 9.59 Å². The van der Waals surface area contributed by atoms with Gasteiger partial charge in [0.2, 0.25) is 5.76 Å². The van der Waals surface area contributed by atoms with Gasteiger partial charge in [-0.3, -0.25) is 9.59 Å². The van der Waals surface area contributed by atoms with E-state index in [0.717, 1.165) is 37.0 Å². The third kappa shape index (κ3) is 2.46. The van der Waals surface area contributed by atoms with Crippen LogP contribution in [0.15, 0.2) is 56.9 Å². The van der Waals surface area contributed by atoms with Gasteiger partial charge < -0.3 is 9.84 Å². The van der Waals surface area contributed by atoms with E-state index in [1.807, 2.05) is 12.2 Å². The molecule has 0 saturated carbocycles. The third-order valence-electron chi connectivity index (χ3n) is 4.40. The maximum Gasteiger partial charge on any atom is 0.316 e. The van der Waals surface area contributed by atoms with E-state index in [0.29, 0.717) is 5.71 Å². The van der Waals surface area contributed by atoms with Crippen molar-refractivity contribution >= 4 is 17.5 Å². The van der Waals surface area contributed by atoms with Crippen molar-refractivity contribution in [3.63, 3.8) is 0 Å². The fraction of sp³-hybridized carbons (Fsp3) is 0.294. The molecule has 1 atom stereocenters. The molecule has 2 amide bonds. The van der Waals surface area contributed by atoms with Gasteiger partial charge in [-0.1, -0.05) is 11.2 Å². The van der Waals surface area contributed by atoms with Crippen LogP contribution in [0.25, 0.3) is 0 Å². The van der Waals surface area contributed by atoms with Crippen LogP contribution >= 0.6 is 0 Å². The van der Waals surface area contributed by atoms with Gasteiger partial charge in [-0.05, 0) is 43.4 Å². The number of carbonyl (C=O) groups excluding carboxylic acids is 2. The molecule has 0 aromatic carbocycles. The van der Waals surface area contributed by atoms with E-state index in [2.05, 4.69) is 15.5 Å². The average molecular weight is 309 g/mol. The maximum atomic E-state index is 12.2. The number of hydrogen-bond donors (Lipinski definition) is 1. The number of allylic oxidation sites excluding steroid dienone is 3. The van der Waals surface area contributed by atoms with Gasteiger partial charge in [0.25, 0.3) is 5.91 Å². The lowest BCUT2D eigenvalue weighted by Crippen LogP contribution is -2.37. The van der Waals surface area contributed by atoms with E-state index in [-0.39, 0.29) is 17.6 Å². The van der Waals surface area contributed by atoms with Crippen LogP contribution in [-0.4, -0.2) is 22.7 Å². The molecular weight excluding hydrogens is 294 g/mol. The first-order chi connectivity index (χ1) is 11.2. The summed E-state index contributed by atoms with van der Waals surface area (Å²) in [5.74, 6) is -0.311. The molecule has 6 nitrogen and oxygen atoms in total. The fourth-order valence-corrected chi connectivity index (χ4v) is 3.32. The second kappa shape index (κ2) is 5.46. The molecule has 1 N–H and O–H groups in total. The summed E-state index contributed by atoms with van der Waals surface area (Å²) in [5.41, 5.74) is 3.43. The highest BCUT2D eigenvalue weighted by Crippen LogP contribution is 2.38. The molecule has 6 heteroatoms. The summed E-state index contributed by atoms with van der Waals surface area (Å²) in [6, 6.07) is 1.47. The molecule has 0 bridgehead atoms. The summed E-state index contributed by atoms with van der Waals surface area (Å²) in [4.78, 5) is 28.2.